The van der Waals surface area contributed by atoms with Gasteiger partial charge in [0.15, 0.2) is 5.76 Å². The molecule has 22 heavy (non-hydrogen) atoms. The van der Waals surface area contributed by atoms with E-state index in [0.29, 0.717) is 25.6 Å². The Morgan fingerprint density at radius 2 is 2.14 bits per heavy atom. The Hall–Kier alpha value is -0.960. The summed E-state index contributed by atoms with van der Waals surface area (Å²) in [6.07, 6.45) is -0.637. The van der Waals surface area contributed by atoms with Gasteiger partial charge in [0.2, 0.25) is 10.0 Å². The van der Waals surface area contributed by atoms with Gasteiger partial charge in [-0.25, -0.2) is 12.7 Å². The third kappa shape index (κ3) is 4.07. The number of nitrogens with zero attached hydrogens (tertiary/aromatic N) is 3. The third-order valence-electron chi connectivity index (χ3n) is 4.01. The normalized spacial score (nSPS) is 23.8. The topological polar surface area (TPSA) is 86.9 Å². The summed E-state index contributed by atoms with van der Waals surface area (Å²) in [4.78, 5) is 2.01. The SMILES string of the molecule is CC(C)c1cc(CN2C[C@@H](CS(=O)(=O)N(C)C)[C@H](O)C2)on1. The number of likely N-dealkylation sites (tertiary alicyclic amines) is 1. The Morgan fingerprint density at radius 3 is 2.68 bits per heavy atom. The quantitative estimate of drug-likeness (QED) is 0.816. The minimum absolute atomic E-state index is 0.0364. The Labute approximate surface area is 131 Å². The van der Waals surface area contributed by atoms with Crippen molar-refractivity contribution < 1.29 is 18.0 Å². The first-order valence-corrected chi connectivity index (χ1v) is 9.06. The standard InChI is InChI=1S/C14H25N3O4S/c1-10(2)13-5-12(21-15-13)7-17-6-11(14(18)8-17)9-22(19,20)16(3)4/h5,10-11,14,18H,6-9H2,1-4H3/t11-,14+/m0/s1. The van der Waals surface area contributed by atoms with Gasteiger partial charge in [0.05, 0.1) is 24.1 Å². The van der Waals surface area contributed by atoms with Crippen LogP contribution in [-0.2, 0) is 16.6 Å². The first-order chi connectivity index (χ1) is 10.2. The molecule has 2 heterocycles. The van der Waals surface area contributed by atoms with Crippen LogP contribution in [-0.4, -0.2) is 66.9 Å². The van der Waals surface area contributed by atoms with Crippen molar-refractivity contribution in [3.05, 3.63) is 17.5 Å². The highest BCUT2D eigenvalue weighted by atomic mass is 32.2. The smallest absolute Gasteiger partial charge is 0.214 e. The number of aromatic nitrogens is 1. The van der Waals surface area contributed by atoms with Crippen molar-refractivity contribution in [1.82, 2.24) is 14.4 Å². The van der Waals surface area contributed by atoms with E-state index in [1.54, 1.807) is 0 Å². The minimum Gasteiger partial charge on any atom is -0.391 e. The second-order valence-electron chi connectivity index (χ2n) is 6.46. The molecule has 1 aromatic rings. The van der Waals surface area contributed by atoms with Crippen LogP contribution in [0, 0.1) is 5.92 Å². The van der Waals surface area contributed by atoms with Gasteiger partial charge in [0.25, 0.3) is 0 Å². The Kier molecular flexibility index (Phi) is 5.26. The highest BCUT2D eigenvalue weighted by Gasteiger charge is 2.35. The van der Waals surface area contributed by atoms with Crippen molar-refractivity contribution in [3.63, 3.8) is 0 Å². The Morgan fingerprint density at radius 1 is 1.45 bits per heavy atom. The van der Waals surface area contributed by atoms with Crippen molar-refractivity contribution >= 4 is 10.0 Å². The van der Waals surface area contributed by atoms with E-state index in [1.165, 1.54) is 18.4 Å². The maximum atomic E-state index is 11.9. The summed E-state index contributed by atoms with van der Waals surface area (Å²) in [5.41, 5.74) is 0.904. The zero-order valence-corrected chi connectivity index (χ0v) is 14.4. The molecule has 0 bridgehead atoms. The average Bonchev–Trinajstić information content (AvgIpc) is 2.97. The lowest BCUT2D eigenvalue weighted by Gasteiger charge is -2.17. The van der Waals surface area contributed by atoms with Crippen LogP contribution in [0.3, 0.4) is 0 Å². The second kappa shape index (κ2) is 6.66. The van der Waals surface area contributed by atoms with Crippen molar-refractivity contribution in [2.24, 2.45) is 5.92 Å². The molecular weight excluding hydrogens is 306 g/mol. The van der Waals surface area contributed by atoms with E-state index in [-0.39, 0.29) is 11.7 Å². The van der Waals surface area contributed by atoms with E-state index in [9.17, 15) is 13.5 Å². The summed E-state index contributed by atoms with van der Waals surface area (Å²) in [5.74, 6) is 0.734. The number of aliphatic hydroxyl groups is 1. The lowest BCUT2D eigenvalue weighted by atomic mass is 10.1. The molecule has 126 valence electrons. The van der Waals surface area contributed by atoms with E-state index >= 15 is 0 Å². The molecule has 1 aliphatic heterocycles. The average molecular weight is 331 g/mol. The predicted molar refractivity (Wildman–Crippen MR) is 82.8 cm³/mol. The fourth-order valence-corrected chi connectivity index (χ4v) is 3.72. The van der Waals surface area contributed by atoms with Gasteiger partial charge < -0.3 is 9.63 Å². The molecule has 7 nitrogen and oxygen atoms in total. The first kappa shape index (κ1) is 17.4. The van der Waals surface area contributed by atoms with Gasteiger partial charge in [0.1, 0.15) is 0 Å². The van der Waals surface area contributed by atoms with Gasteiger partial charge in [-0.2, -0.15) is 0 Å². The number of rotatable bonds is 6. The lowest BCUT2D eigenvalue weighted by Crippen LogP contribution is -2.33. The number of hydrogen-bond donors (Lipinski definition) is 1. The van der Waals surface area contributed by atoms with Crippen molar-refractivity contribution in [2.75, 3.05) is 32.9 Å². The molecule has 1 aliphatic rings. The molecule has 1 fully saturated rings. The van der Waals surface area contributed by atoms with E-state index in [2.05, 4.69) is 5.16 Å². The summed E-state index contributed by atoms with van der Waals surface area (Å²) in [6.45, 7) is 5.61. The van der Waals surface area contributed by atoms with E-state index in [0.717, 1.165) is 11.5 Å². The maximum Gasteiger partial charge on any atom is 0.214 e. The van der Waals surface area contributed by atoms with E-state index < -0.39 is 16.1 Å². The Balaban J connectivity index is 1.95. The fourth-order valence-electron chi connectivity index (χ4n) is 2.55. The summed E-state index contributed by atoms with van der Waals surface area (Å²) >= 11 is 0. The molecule has 1 aromatic heterocycles. The van der Waals surface area contributed by atoms with Gasteiger partial charge in [-0.15, -0.1) is 0 Å². The van der Waals surface area contributed by atoms with Crippen molar-refractivity contribution in [3.8, 4) is 0 Å². The number of aliphatic hydroxyl groups excluding tert-OH is 1. The summed E-state index contributed by atoms with van der Waals surface area (Å²) in [7, 11) is -0.286. The summed E-state index contributed by atoms with van der Waals surface area (Å²) < 4.78 is 30.4. The molecule has 0 spiro atoms. The number of hydrogen-bond acceptors (Lipinski definition) is 6. The molecule has 8 heteroatoms. The highest BCUT2D eigenvalue weighted by Crippen LogP contribution is 2.23. The van der Waals surface area contributed by atoms with E-state index in [4.69, 9.17) is 4.52 Å². The van der Waals surface area contributed by atoms with Gasteiger partial charge >= 0.3 is 0 Å². The molecule has 0 amide bonds. The van der Waals surface area contributed by atoms with Gasteiger partial charge in [0, 0.05) is 39.2 Å². The molecule has 0 aromatic carbocycles. The zero-order valence-electron chi connectivity index (χ0n) is 13.6. The predicted octanol–water partition coefficient (Wildman–Crippen LogP) is 0.482. The first-order valence-electron chi connectivity index (χ1n) is 7.45. The summed E-state index contributed by atoms with van der Waals surface area (Å²) in [6, 6.07) is 1.92. The maximum absolute atomic E-state index is 11.9. The second-order valence-corrected chi connectivity index (χ2v) is 8.68. The van der Waals surface area contributed by atoms with Gasteiger partial charge in [-0.1, -0.05) is 19.0 Å². The molecule has 2 rings (SSSR count). The molecular formula is C14H25N3O4S. The molecule has 1 N–H and O–H groups in total. The van der Waals surface area contributed by atoms with Gasteiger partial charge in [-0.05, 0) is 5.92 Å². The lowest BCUT2D eigenvalue weighted by molar-refractivity contribution is 0.146. The zero-order chi connectivity index (χ0) is 16.5. The minimum atomic E-state index is -3.31. The van der Waals surface area contributed by atoms with Crippen LogP contribution in [0.25, 0.3) is 0 Å². The monoisotopic (exact) mass is 331 g/mol. The van der Waals surface area contributed by atoms with Crippen LogP contribution >= 0.6 is 0 Å². The number of sulfonamides is 1. The van der Waals surface area contributed by atoms with Crippen LogP contribution in [0.15, 0.2) is 10.6 Å². The molecule has 1 saturated heterocycles. The van der Waals surface area contributed by atoms with Crippen LogP contribution in [0.2, 0.25) is 0 Å². The summed E-state index contributed by atoms with van der Waals surface area (Å²) in [5, 5.41) is 14.1. The fraction of sp³-hybridized carbons (Fsp3) is 0.786. The molecule has 0 unspecified atom stereocenters. The Bertz CT molecular complexity index is 597. The van der Waals surface area contributed by atoms with Crippen LogP contribution < -0.4 is 0 Å². The molecule has 2 atom stereocenters. The van der Waals surface area contributed by atoms with Crippen molar-refractivity contribution in [1.29, 1.82) is 0 Å². The van der Waals surface area contributed by atoms with Crippen LogP contribution in [0.4, 0.5) is 0 Å². The highest BCUT2D eigenvalue weighted by molar-refractivity contribution is 7.89. The largest absolute Gasteiger partial charge is 0.391 e. The van der Waals surface area contributed by atoms with Gasteiger partial charge in [-0.3, -0.25) is 4.90 Å². The van der Waals surface area contributed by atoms with E-state index in [1.807, 2.05) is 24.8 Å². The van der Waals surface area contributed by atoms with Crippen molar-refractivity contribution in [2.45, 2.75) is 32.4 Å². The number of β-amino-alcohol motifs (C(OH)–C–C–N with tert-alkyl or cyclic N) is 1. The molecule has 0 radical (unpaired) electrons. The third-order valence-corrected chi connectivity index (χ3v) is 5.97. The molecule has 0 aliphatic carbocycles. The molecule has 0 saturated carbocycles. The van der Waals surface area contributed by atoms with Crippen LogP contribution in [0.1, 0.15) is 31.2 Å². The van der Waals surface area contributed by atoms with Crippen LogP contribution in [0.5, 0.6) is 0 Å².